The first-order valence-corrected chi connectivity index (χ1v) is 12.4. The van der Waals surface area contributed by atoms with Crippen LogP contribution >= 0.6 is 34.8 Å². The zero-order valence-electron chi connectivity index (χ0n) is 16.9. The van der Waals surface area contributed by atoms with Crippen LogP contribution in [-0.4, -0.2) is 46.6 Å². The summed E-state index contributed by atoms with van der Waals surface area (Å²) in [6.07, 6.45) is -1.40. The number of alkyl halides is 3. The van der Waals surface area contributed by atoms with Crippen molar-refractivity contribution in [3.63, 3.8) is 0 Å². The van der Waals surface area contributed by atoms with Gasteiger partial charge >= 0.3 is 6.18 Å². The SMILES string of the molecule is CS(=O)(=O)CCOc1cc(Cl)c(-c2noc(-c3cn4cc(C(F)(F)F)cc(Cl)c4n3)n2)cc1Cl. The third-order valence-corrected chi connectivity index (χ3v) is 6.25. The number of imidazole rings is 1. The van der Waals surface area contributed by atoms with E-state index in [2.05, 4.69) is 15.1 Å². The number of pyridine rings is 1. The number of ether oxygens (including phenoxy) is 1. The zero-order valence-corrected chi connectivity index (χ0v) is 20.0. The molecule has 0 fully saturated rings. The highest BCUT2D eigenvalue weighted by Crippen LogP contribution is 2.37. The maximum absolute atomic E-state index is 13.0. The lowest BCUT2D eigenvalue weighted by Crippen LogP contribution is -2.12. The van der Waals surface area contributed by atoms with Crippen LogP contribution in [-0.2, 0) is 16.0 Å². The van der Waals surface area contributed by atoms with Gasteiger partial charge in [0.05, 0.1) is 26.4 Å². The van der Waals surface area contributed by atoms with Gasteiger partial charge in [0.15, 0.2) is 15.5 Å². The quantitative estimate of drug-likeness (QED) is 0.312. The minimum Gasteiger partial charge on any atom is -0.491 e. The third kappa shape index (κ3) is 5.24. The molecular weight excluding hydrogens is 544 g/mol. The van der Waals surface area contributed by atoms with Crippen molar-refractivity contribution in [1.29, 1.82) is 0 Å². The first-order valence-electron chi connectivity index (χ1n) is 9.21. The molecule has 4 rings (SSSR count). The lowest BCUT2D eigenvalue weighted by atomic mass is 10.2. The van der Waals surface area contributed by atoms with Gasteiger partial charge in [0.25, 0.3) is 5.89 Å². The second kappa shape index (κ2) is 8.91. The summed E-state index contributed by atoms with van der Waals surface area (Å²) in [5.41, 5.74) is -0.511. The molecule has 0 unspecified atom stereocenters. The Hall–Kier alpha value is -2.54. The van der Waals surface area contributed by atoms with E-state index in [0.29, 0.717) is 0 Å². The Morgan fingerprint density at radius 2 is 1.79 bits per heavy atom. The van der Waals surface area contributed by atoms with Crippen molar-refractivity contribution in [2.24, 2.45) is 0 Å². The Balaban J connectivity index is 1.63. The highest BCUT2D eigenvalue weighted by Gasteiger charge is 2.32. The molecule has 180 valence electrons. The lowest BCUT2D eigenvalue weighted by molar-refractivity contribution is -0.137. The molecule has 1 aromatic carbocycles. The van der Waals surface area contributed by atoms with Crippen molar-refractivity contribution in [2.45, 2.75) is 6.18 Å². The van der Waals surface area contributed by atoms with Crippen LogP contribution in [0.4, 0.5) is 13.2 Å². The van der Waals surface area contributed by atoms with Crippen molar-refractivity contribution in [3.8, 4) is 28.7 Å². The number of sulfone groups is 1. The maximum atomic E-state index is 13.0. The van der Waals surface area contributed by atoms with Gasteiger partial charge in [0.1, 0.15) is 18.1 Å². The van der Waals surface area contributed by atoms with E-state index in [0.717, 1.165) is 22.9 Å². The molecule has 0 amide bonds. The monoisotopic (exact) mass is 554 g/mol. The average molecular weight is 556 g/mol. The third-order valence-electron chi connectivity index (χ3n) is 4.45. The first kappa shape index (κ1) is 24.6. The van der Waals surface area contributed by atoms with Gasteiger partial charge in [0, 0.05) is 30.3 Å². The van der Waals surface area contributed by atoms with E-state index >= 15 is 0 Å². The number of aromatic nitrogens is 4. The van der Waals surface area contributed by atoms with Crippen LogP contribution < -0.4 is 4.74 Å². The van der Waals surface area contributed by atoms with Gasteiger partial charge in [0.2, 0.25) is 5.82 Å². The van der Waals surface area contributed by atoms with Gasteiger partial charge in [-0.25, -0.2) is 13.4 Å². The predicted molar refractivity (Wildman–Crippen MR) is 119 cm³/mol. The molecule has 8 nitrogen and oxygen atoms in total. The number of hydrogen-bond acceptors (Lipinski definition) is 7. The van der Waals surface area contributed by atoms with E-state index in [-0.39, 0.29) is 61.8 Å². The molecule has 0 bridgehead atoms. The Kier molecular flexibility index (Phi) is 6.44. The Bertz CT molecular complexity index is 1500. The number of rotatable bonds is 6. The summed E-state index contributed by atoms with van der Waals surface area (Å²) >= 11 is 18.4. The van der Waals surface area contributed by atoms with Crippen molar-refractivity contribution >= 4 is 50.3 Å². The molecule has 3 heterocycles. The molecule has 4 aromatic rings. The predicted octanol–water partition coefficient (Wildman–Crippen LogP) is 5.45. The number of fused-ring (bicyclic) bond motifs is 1. The van der Waals surface area contributed by atoms with E-state index in [9.17, 15) is 21.6 Å². The molecular formula is C19H12Cl3F3N4O4S. The van der Waals surface area contributed by atoms with E-state index < -0.39 is 21.6 Å². The molecule has 34 heavy (non-hydrogen) atoms. The number of benzene rings is 1. The Labute approximate surface area is 205 Å². The summed E-state index contributed by atoms with van der Waals surface area (Å²) in [5.74, 6) is -0.101. The fourth-order valence-corrected chi connectivity index (χ4v) is 3.97. The largest absolute Gasteiger partial charge is 0.491 e. The van der Waals surface area contributed by atoms with Crippen LogP contribution in [0.2, 0.25) is 15.1 Å². The molecule has 0 saturated carbocycles. The standard InChI is InChI=1S/C19H12Cl3F3N4O4S/c1-34(30,31)3-2-32-15-6-11(20)10(5-12(15)21)16-27-18(33-28-16)14-8-29-7-9(19(23,24)25)4-13(22)17(29)26-14/h4-8H,2-3H2,1H3. The maximum Gasteiger partial charge on any atom is 0.417 e. The second-order valence-electron chi connectivity index (χ2n) is 7.10. The molecule has 0 atom stereocenters. The summed E-state index contributed by atoms with van der Waals surface area (Å²) in [6.45, 7) is -0.118. The van der Waals surface area contributed by atoms with E-state index in [1.165, 1.54) is 18.3 Å². The van der Waals surface area contributed by atoms with Crippen molar-refractivity contribution in [2.75, 3.05) is 18.6 Å². The second-order valence-corrected chi connectivity index (χ2v) is 10.6. The van der Waals surface area contributed by atoms with E-state index in [1.54, 1.807) is 0 Å². The Morgan fingerprint density at radius 3 is 2.47 bits per heavy atom. The molecule has 0 aliphatic carbocycles. The molecule has 0 saturated heterocycles. The van der Waals surface area contributed by atoms with Crippen LogP contribution in [0, 0.1) is 0 Å². The van der Waals surface area contributed by atoms with Crippen molar-refractivity contribution in [1.82, 2.24) is 19.5 Å². The minimum atomic E-state index is -4.59. The van der Waals surface area contributed by atoms with Gasteiger partial charge in [-0.2, -0.15) is 18.2 Å². The highest BCUT2D eigenvalue weighted by molar-refractivity contribution is 7.90. The Morgan fingerprint density at radius 1 is 1.06 bits per heavy atom. The summed E-state index contributed by atoms with van der Waals surface area (Å²) in [5, 5.41) is 3.88. The molecule has 15 heteroatoms. The fraction of sp³-hybridized carbons (Fsp3) is 0.211. The van der Waals surface area contributed by atoms with E-state index in [1.807, 2.05) is 0 Å². The van der Waals surface area contributed by atoms with Gasteiger partial charge in [-0.15, -0.1) is 0 Å². The van der Waals surface area contributed by atoms with Gasteiger partial charge in [-0.3, -0.25) is 0 Å². The fourth-order valence-electron chi connectivity index (χ4n) is 2.87. The van der Waals surface area contributed by atoms with Gasteiger partial charge in [-0.1, -0.05) is 40.0 Å². The molecule has 0 aliphatic rings. The first-order chi connectivity index (χ1) is 15.8. The van der Waals surface area contributed by atoms with Crippen LogP contribution in [0.5, 0.6) is 5.75 Å². The minimum absolute atomic E-state index is 0.0312. The van der Waals surface area contributed by atoms with Gasteiger partial charge in [-0.05, 0) is 12.1 Å². The molecule has 3 aromatic heterocycles. The number of halogens is 6. The number of hydrogen-bond donors (Lipinski definition) is 0. The molecule has 0 spiro atoms. The molecule has 0 radical (unpaired) electrons. The molecule has 0 aliphatic heterocycles. The van der Waals surface area contributed by atoms with Crippen LogP contribution in [0.25, 0.3) is 28.6 Å². The lowest BCUT2D eigenvalue weighted by Gasteiger charge is -2.09. The van der Waals surface area contributed by atoms with Crippen LogP contribution in [0.3, 0.4) is 0 Å². The summed E-state index contributed by atoms with van der Waals surface area (Å²) in [4.78, 5) is 8.35. The highest BCUT2D eigenvalue weighted by atomic mass is 35.5. The topological polar surface area (TPSA) is 99.6 Å². The normalized spacial score (nSPS) is 12.4. The number of nitrogens with zero attached hydrogens (tertiary/aromatic N) is 4. The molecule has 0 N–H and O–H groups in total. The van der Waals surface area contributed by atoms with Crippen LogP contribution in [0.15, 0.2) is 35.1 Å². The summed E-state index contributed by atoms with van der Waals surface area (Å²) < 4.78 is 73.3. The zero-order chi connectivity index (χ0) is 24.8. The van der Waals surface area contributed by atoms with Gasteiger partial charge < -0.3 is 13.7 Å². The smallest absolute Gasteiger partial charge is 0.417 e. The average Bonchev–Trinajstić information content (AvgIpc) is 3.36. The summed E-state index contributed by atoms with van der Waals surface area (Å²) in [7, 11) is -3.22. The van der Waals surface area contributed by atoms with Crippen molar-refractivity contribution < 1.29 is 30.8 Å². The van der Waals surface area contributed by atoms with E-state index in [4.69, 9.17) is 44.1 Å². The van der Waals surface area contributed by atoms with Crippen LogP contribution in [0.1, 0.15) is 5.56 Å². The summed E-state index contributed by atoms with van der Waals surface area (Å²) in [6, 6.07) is 3.56. The van der Waals surface area contributed by atoms with Crippen molar-refractivity contribution in [3.05, 3.63) is 51.2 Å².